The summed E-state index contributed by atoms with van der Waals surface area (Å²) >= 11 is 1.98. The summed E-state index contributed by atoms with van der Waals surface area (Å²) in [5, 5.41) is 0. The molecule has 0 amide bonds. The fourth-order valence-electron chi connectivity index (χ4n) is 4.07. The van der Waals surface area contributed by atoms with Gasteiger partial charge in [-0.05, 0) is 40.3 Å². The predicted molar refractivity (Wildman–Crippen MR) is 116 cm³/mol. The van der Waals surface area contributed by atoms with Crippen LogP contribution in [-0.2, 0) is 4.75 Å². The lowest BCUT2D eigenvalue weighted by atomic mass is 9.85. The van der Waals surface area contributed by atoms with Crippen molar-refractivity contribution in [1.82, 2.24) is 0 Å². The second kappa shape index (κ2) is 6.44. The van der Waals surface area contributed by atoms with Gasteiger partial charge < -0.3 is 0 Å². The van der Waals surface area contributed by atoms with Crippen molar-refractivity contribution in [3.05, 3.63) is 114 Å². The average molecular weight is 365 g/mol. The maximum atomic E-state index is 2.36. The lowest BCUT2D eigenvalue weighted by molar-refractivity contribution is 0.834. The summed E-state index contributed by atoms with van der Waals surface area (Å²) < 4.78 is -0.115. The molecule has 0 aromatic heterocycles. The molecule has 0 spiro atoms. The van der Waals surface area contributed by atoms with E-state index in [2.05, 4.69) is 110 Å². The molecule has 0 N–H and O–H groups in total. The molecule has 0 aliphatic carbocycles. The quantitative estimate of drug-likeness (QED) is 0.357. The minimum Gasteiger partial charge on any atom is -0.109 e. The zero-order chi connectivity index (χ0) is 18.3. The molecule has 4 aromatic rings. The van der Waals surface area contributed by atoms with Crippen molar-refractivity contribution in [1.29, 1.82) is 0 Å². The number of fused-ring (bicyclic) bond motifs is 3. The Bertz CT molecular complexity index is 1090. The summed E-state index contributed by atoms with van der Waals surface area (Å²) in [5.74, 6) is 0. The Labute approximate surface area is 164 Å². The van der Waals surface area contributed by atoms with E-state index >= 15 is 0 Å². The van der Waals surface area contributed by atoms with Crippen LogP contribution in [0.15, 0.2) is 108 Å². The second-order valence-electron chi connectivity index (χ2n) is 7.10. The summed E-state index contributed by atoms with van der Waals surface area (Å²) in [6.45, 7) is 2.36. The predicted octanol–water partition coefficient (Wildman–Crippen LogP) is 7.39. The lowest BCUT2D eigenvalue weighted by Crippen LogP contribution is -2.23. The fourth-order valence-corrected chi connectivity index (χ4v) is 5.60. The molecule has 1 aliphatic rings. The second-order valence-corrected chi connectivity index (χ2v) is 8.52. The highest BCUT2D eigenvalue weighted by molar-refractivity contribution is 8.00. The van der Waals surface area contributed by atoms with E-state index in [1.54, 1.807) is 0 Å². The zero-order valence-corrected chi connectivity index (χ0v) is 16.0. The normalized spacial score (nSPS) is 17.8. The molecular weight excluding hydrogens is 344 g/mol. The van der Waals surface area contributed by atoms with E-state index in [0.717, 1.165) is 0 Å². The van der Waals surface area contributed by atoms with E-state index in [0.29, 0.717) is 0 Å². The summed E-state index contributed by atoms with van der Waals surface area (Å²) in [7, 11) is 0. The van der Waals surface area contributed by atoms with Gasteiger partial charge in [-0.1, -0.05) is 103 Å². The number of benzene rings is 4. The number of hydrogen-bond acceptors (Lipinski definition) is 1. The first kappa shape index (κ1) is 16.4. The van der Waals surface area contributed by atoms with Gasteiger partial charge in [0.25, 0.3) is 0 Å². The third-order valence-corrected chi connectivity index (χ3v) is 6.97. The van der Waals surface area contributed by atoms with Crippen LogP contribution in [0.2, 0.25) is 0 Å². The topological polar surface area (TPSA) is 0 Å². The lowest BCUT2D eigenvalue weighted by Gasteiger charge is -2.38. The Morgan fingerprint density at radius 2 is 1.15 bits per heavy atom. The Morgan fingerprint density at radius 1 is 0.556 bits per heavy atom. The van der Waals surface area contributed by atoms with Crippen LogP contribution < -0.4 is 0 Å². The molecule has 1 unspecified atom stereocenters. The first-order valence-corrected chi connectivity index (χ1v) is 10.1. The third kappa shape index (κ3) is 2.62. The van der Waals surface area contributed by atoms with Crippen molar-refractivity contribution in [2.75, 3.05) is 0 Å². The van der Waals surface area contributed by atoms with Gasteiger partial charge in [-0.3, -0.25) is 0 Å². The zero-order valence-electron chi connectivity index (χ0n) is 15.2. The average Bonchev–Trinajstić information content (AvgIpc) is 2.75. The monoisotopic (exact) mass is 364 g/mol. The van der Waals surface area contributed by atoms with Crippen LogP contribution in [0.5, 0.6) is 0 Å². The van der Waals surface area contributed by atoms with Gasteiger partial charge in [-0.15, -0.1) is 11.8 Å². The molecule has 27 heavy (non-hydrogen) atoms. The van der Waals surface area contributed by atoms with Crippen molar-refractivity contribution < 1.29 is 0 Å². The van der Waals surface area contributed by atoms with Gasteiger partial charge >= 0.3 is 0 Å². The van der Waals surface area contributed by atoms with Gasteiger partial charge in [0.05, 0.1) is 4.75 Å². The molecule has 0 radical (unpaired) electrons. The molecule has 0 saturated carbocycles. The van der Waals surface area contributed by atoms with E-state index in [1.165, 1.54) is 38.3 Å². The smallest absolute Gasteiger partial charge is 0.0682 e. The van der Waals surface area contributed by atoms with Crippen molar-refractivity contribution in [3.8, 4) is 22.3 Å². The van der Waals surface area contributed by atoms with Gasteiger partial charge in [0.1, 0.15) is 0 Å². The molecular formula is C26H20S. The molecule has 4 aromatic carbocycles. The van der Waals surface area contributed by atoms with Crippen molar-refractivity contribution in [3.63, 3.8) is 0 Å². The number of thioether (sulfide) groups is 1. The van der Waals surface area contributed by atoms with Crippen molar-refractivity contribution in [2.45, 2.75) is 16.6 Å². The molecule has 1 heteroatoms. The highest BCUT2D eigenvalue weighted by atomic mass is 32.2. The molecule has 5 rings (SSSR count). The van der Waals surface area contributed by atoms with E-state index in [9.17, 15) is 0 Å². The van der Waals surface area contributed by atoms with Gasteiger partial charge in [0, 0.05) is 4.90 Å². The molecule has 1 atom stereocenters. The van der Waals surface area contributed by atoms with E-state index in [-0.39, 0.29) is 4.75 Å². The van der Waals surface area contributed by atoms with Crippen LogP contribution in [0.1, 0.15) is 18.1 Å². The Hall–Kier alpha value is -2.77. The molecule has 0 bridgehead atoms. The van der Waals surface area contributed by atoms with Crippen LogP contribution in [0.25, 0.3) is 22.3 Å². The number of rotatable bonds is 2. The molecule has 130 valence electrons. The van der Waals surface area contributed by atoms with Gasteiger partial charge in [-0.2, -0.15) is 0 Å². The minimum atomic E-state index is -0.115. The van der Waals surface area contributed by atoms with Gasteiger partial charge in [0.2, 0.25) is 0 Å². The molecule has 0 fully saturated rings. The van der Waals surface area contributed by atoms with E-state index in [4.69, 9.17) is 0 Å². The molecule has 0 nitrogen and oxygen atoms in total. The summed E-state index contributed by atoms with van der Waals surface area (Å²) in [5.41, 5.74) is 8.00. The Balaban J connectivity index is 1.80. The molecule has 0 saturated heterocycles. The molecule has 1 heterocycles. The fraction of sp³-hybridized carbons (Fsp3) is 0.0769. The van der Waals surface area contributed by atoms with Crippen LogP contribution in [0, 0.1) is 0 Å². The van der Waals surface area contributed by atoms with Gasteiger partial charge in [0.15, 0.2) is 0 Å². The minimum absolute atomic E-state index is 0.115. The van der Waals surface area contributed by atoms with E-state index in [1.807, 2.05) is 11.8 Å². The highest BCUT2D eigenvalue weighted by Gasteiger charge is 2.38. The first-order chi connectivity index (χ1) is 13.3. The maximum Gasteiger partial charge on any atom is 0.0682 e. The van der Waals surface area contributed by atoms with Crippen molar-refractivity contribution in [2.24, 2.45) is 0 Å². The van der Waals surface area contributed by atoms with Crippen molar-refractivity contribution >= 4 is 11.8 Å². The summed E-state index contributed by atoms with van der Waals surface area (Å²) in [6, 6.07) is 37.2. The van der Waals surface area contributed by atoms with E-state index < -0.39 is 0 Å². The van der Waals surface area contributed by atoms with Crippen LogP contribution in [-0.4, -0.2) is 0 Å². The largest absolute Gasteiger partial charge is 0.109 e. The SMILES string of the molecule is CC1(c2ccccc2)Sc2c(-c3ccccc3)cccc2-c2ccccc21. The molecule has 1 aliphatic heterocycles. The highest BCUT2D eigenvalue weighted by Crippen LogP contribution is 2.57. The summed E-state index contributed by atoms with van der Waals surface area (Å²) in [4.78, 5) is 1.37. The Kier molecular flexibility index (Phi) is 3.91. The van der Waals surface area contributed by atoms with Crippen LogP contribution in [0.4, 0.5) is 0 Å². The number of hydrogen-bond donors (Lipinski definition) is 0. The summed E-state index contributed by atoms with van der Waals surface area (Å²) in [6.07, 6.45) is 0. The van der Waals surface area contributed by atoms with Crippen LogP contribution in [0.3, 0.4) is 0 Å². The Morgan fingerprint density at radius 3 is 1.93 bits per heavy atom. The third-order valence-electron chi connectivity index (χ3n) is 5.46. The van der Waals surface area contributed by atoms with Crippen LogP contribution >= 0.6 is 11.8 Å². The van der Waals surface area contributed by atoms with Gasteiger partial charge in [-0.25, -0.2) is 0 Å². The first-order valence-electron chi connectivity index (χ1n) is 9.30. The standard InChI is InChI=1S/C26H20S/c1-26(20-13-6-3-7-14-20)24-18-9-8-15-22(24)23-17-10-16-21(25(23)27-26)19-11-4-2-5-12-19/h2-18H,1H3. The maximum absolute atomic E-state index is 2.36.